The molecule has 1 aromatic carbocycles. The van der Waals surface area contributed by atoms with Crippen LogP contribution in [0.25, 0.3) is 11.3 Å². The third-order valence-corrected chi connectivity index (χ3v) is 3.34. The third-order valence-electron chi connectivity index (χ3n) is 2.95. The molecule has 0 saturated carbocycles. The molecule has 0 bridgehead atoms. The van der Waals surface area contributed by atoms with E-state index in [2.05, 4.69) is 26.2 Å². The first-order chi connectivity index (χ1) is 10.1. The highest BCUT2D eigenvalue weighted by Gasteiger charge is 2.15. The highest BCUT2D eigenvalue weighted by atomic mass is 79.9. The van der Waals surface area contributed by atoms with Crippen molar-refractivity contribution in [1.29, 1.82) is 0 Å². The van der Waals surface area contributed by atoms with E-state index in [0.717, 1.165) is 11.1 Å². The molecule has 0 radical (unpaired) electrons. The first kappa shape index (κ1) is 13.6. The van der Waals surface area contributed by atoms with Gasteiger partial charge in [-0.05, 0) is 53.2 Å². The average molecular weight is 347 g/mol. The minimum Gasteiger partial charge on any atom is -0.444 e. The standard InChI is InChI=1S/C15H11BrN2O3/c1-9-6-13(16)21-14(9)15(19)18-11-4-2-10(3-5-11)12-7-17-8-20-12/h2-8H,1H3,(H,18,19). The van der Waals surface area contributed by atoms with Crippen molar-refractivity contribution >= 4 is 27.5 Å². The molecule has 3 aromatic rings. The van der Waals surface area contributed by atoms with Gasteiger partial charge < -0.3 is 14.2 Å². The van der Waals surface area contributed by atoms with Gasteiger partial charge in [0, 0.05) is 16.8 Å². The first-order valence-corrected chi connectivity index (χ1v) is 6.99. The van der Waals surface area contributed by atoms with Gasteiger partial charge in [0.1, 0.15) is 0 Å². The van der Waals surface area contributed by atoms with Crippen LogP contribution in [0.2, 0.25) is 0 Å². The van der Waals surface area contributed by atoms with Gasteiger partial charge in [0.05, 0.1) is 6.20 Å². The molecule has 5 nitrogen and oxygen atoms in total. The maximum atomic E-state index is 12.1. The molecule has 0 aliphatic rings. The van der Waals surface area contributed by atoms with E-state index >= 15 is 0 Å². The van der Waals surface area contributed by atoms with E-state index in [1.165, 1.54) is 6.39 Å². The third kappa shape index (κ3) is 2.90. The second-order valence-electron chi connectivity index (χ2n) is 4.46. The lowest BCUT2D eigenvalue weighted by atomic mass is 10.1. The molecule has 1 amide bonds. The quantitative estimate of drug-likeness (QED) is 0.769. The van der Waals surface area contributed by atoms with Crippen LogP contribution < -0.4 is 5.32 Å². The number of amides is 1. The number of aryl methyl sites for hydroxylation is 1. The number of nitrogens with zero attached hydrogens (tertiary/aromatic N) is 1. The van der Waals surface area contributed by atoms with Gasteiger partial charge >= 0.3 is 0 Å². The maximum absolute atomic E-state index is 12.1. The topological polar surface area (TPSA) is 68.3 Å². The van der Waals surface area contributed by atoms with E-state index < -0.39 is 0 Å². The zero-order chi connectivity index (χ0) is 14.8. The Bertz CT molecular complexity index is 761. The number of oxazole rings is 1. The Labute approximate surface area is 129 Å². The number of aromatic nitrogens is 1. The van der Waals surface area contributed by atoms with Crippen LogP contribution >= 0.6 is 15.9 Å². The van der Waals surface area contributed by atoms with Crippen molar-refractivity contribution in [3.8, 4) is 11.3 Å². The fourth-order valence-electron chi connectivity index (χ4n) is 1.93. The summed E-state index contributed by atoms with van der Waals surface area (Å²) in [5.74, 6) is 0.686. The van der Waals surface area contributed by atoms with Crippen molar-refractivity contribution in [2.24, 2.45) is 0 Å². The molecule has 106 valence electrons. The summed E-state index contributed by atoms with van der Waals surface area (Å²) in [6, 6.07) is 9.04. The molecule has 0 fully saturated rings. The maximum Gasteiger partial charge on any atom is 0.291 e. The second-order valence-corrected chi connectivity index (χ2v) is 5.24. The molecule has 3 rings (SSSR count). The van der Waals surface area contributed by atoms with Gasteiger partial charge in [-0.25, -0.2) is 4.98 Å². The molecule has 6 heteroatoms. The Morgan fingerprint density at radius 3 is 2.62 bits per heavy atom. The van der Waals surface area contributed by atoms with E-state index in [-0.39, 0.29) is 5.91 Å². The van der Waals surface area contributed by atoms with Crippen LogP contribution in [0.15, 0.2) is 56.4 Å². The van der Waals surface area contributed by atoms with Crippen LogP contribution in [0, 0.1) is 6.92 Å². The normalized spacial score (nSPS) is 10.6. The SMILES string of the molecule is Cc1cc(Br)oc1C(=O)Nc1ccc(-c2cnco2)cc1. The molecule has 2 aromatic heterocycles. The highest BCUT2D eigenvalue weighted by molar-refractivity contribution is 9.10. The lowest BCUT2D eigenvalue weighted by Crippen LogP contribution is -2.11. The molecular formula is C15H11BrN2O3. The van der Waals surface area contributed by atoms with Gasteiger partial charge in [0.15, 0.2) is 22.6 Å². The number of rotatable bonds is 3. The van der Waals surface area contributed by atoms with E-state index in [9.17, 15) is 4.79 Å². The molecule has 0 spiro atoms. The zero-order valence-electron chi connectivity index (χ0n) is 11.1. The molecule has 0 saturated heterocycles. The summed E-state index contributed by atoms with van der Waals surface area (Å²) in [7, 11) is 0. The van der Waals surface area contributed by atoms with Gasteiger partial charge in [-0.1, -0.05) is 0 Å². The predicted octanol–water partition coefficient (Wildman–Crippen LogP) is 4.26. The molecule has 0 unspecified atom stereocenters. The molecule has 1 N–H and O–H groups in total. The molecule has 0 aliphatic carbocycles. The Balaban J connectivity index is 1.76. The summed E-state index contributed by atoms with van der Waals surface area (Å²) in [6.45, 7) is 1.82. The van der Waals surface area contributed by atoms with Gasteiger partial charge in [0.25, 0.3) is 5.91 Å². The van der Waals surface area contributed by atoms with E-state index in [0.29, 0.717) is 21.9 Å². The van der Waals surface area contributed by atoms with E-state index in [1.807, 2.05) is 19.1 Å². The number of halogens is 1. The van der Waals surface area contributed by atoms with Crippen LogP contribution in [0.1, 0.15) is 16.1 Å². The molecule has 0 atom stereocenters. The Hall–Kier alpha value is -2.34. The Morgan fingerprint density at radius 2 is 2.05 bits per heavy atom. The highest BCUT2D eigenvalue weighted by Crippen LogP contribution is 2.23. The van der Waals surface area contributed by atoms with Gasteiger partial charge in [0.2, 0.25) is 0 Å². The van der Waals surface area contributed by atoms with E-state index in [4.69, 9.17) is 8.83 Å². The van der Waals surface area contributed by atoms with E-state index in [1.54, 1.807) is 24.4 Å². The van der Waals surface area contributed by atoms with Crippen LogP contribution in [0.5, 0.6) is 0 Å². The summed E-state index contributed by atoms with van der Waals surface area (Å²) in [5.41, 5.74) is 2.34. The first-order valence-electron chi connectivity index (χ1n) is 6.19. The minimum absolute atomic E-state index is 0.286. The smallest absolute Gasteiger partial charge is 0.291 e. The van der Waals surface area contributed by atoms with Crippen LogP contribution in [0.4, 0.5) is 5.69 Å². The number of nitrogens with one attached hydrogen (secondary N) is 1. The molecular weight excluding hydrogens is 336 g/mol. The lowest BCUT2D eigenvalue weighted by molar-refractivity contribution is 0.0994. The monoisotopic (exact) mass is 346 g/mol. The number of furan rings is 1. The number of carbonyl (C=O) groups is 1. The van der Waals surface area contributed by atoms with Gasteiger partial charge in [-0.2, -0.15) is 0 Å². The number of carbonyl (C=O) groups excluding carboxylic acids is 1. The van der Waals surface area contributed by atoms with Crippen molar-refractivity contribution in [1.82, 2.24) is 4.98 Å². The second kappa shape index (κ2) is 5.57. The number of hydrogen-bond acceptors (Lipinski definition) is 4. The largest absolute Gasteiger partial charge is 0.444 e. The molecule has 21 heavy (non-hydrogen) atoms. The minimum atomic E-state index is -0.286. The summed E-state index contributed by atoms with van der Waals surface area (Å²) in [6.07, 6.45) is 3.01. The number of hydrogen-bond donors (Lipinski definition) is 1. The number of anilines is 1. The Morgan fingerprint density at radius 1 is 1.29 bits per heavy atom. The van der Waals surface area contributed by atoms with Crippen molar-refractivity contribution in [2.45, 2.75) is 6.92 Å². The lowest BCUT2D eigenvalue weighted by Gasteiger charge is -2.04. The summed E-state index contributed by atoms with van der Waals surface area (Å²) in [4.78, 5) is 16.0. The van der Waals surface area contributed by atoms with Crippen molar-refractivity contribution in [3.63, 3.8) is 0 Å². The van der Waals surface area contributed by atoms with Crippen molar-refractivity contribution in [3.05, 3.63) is 58.9 Å². The fraction of sp³-hybridized carbons (Fsp3) is 0.0667. The van der Waals surface area contributed by atoms with Crippen molar-refractivity contribution in [2.75, 3.05) is 5.32 Å². The fourth-order valence-corrected chi connectivity index (χ4v) is 2.44. The summed E-state index contributed by atoms with van der Waals surface area (Å²) >= 11 is 3.21. The van der Waals surface area contributed by atoms with Gasteiger partial charge in [-0.3, -0.25) is 4.79 Å². The van der Waals surface area contributed by atoms with Crippen LogP contribution in [0.3, 0.4) is 0 Å². The average Bonchev–Trinajstić information content (AvgIpc) is 3.09. The summed E-state index contributed by atoms with van der Waals surface area (Å²) < 4.78 is 11.1. The Kier molecular flexibility index (Phi) is 3.62. The number of benzene rings is 1. The predicted molar refractivity (Wildman–Crippen MR) is 81.0 cm³/mol. The van der Waals surface area contributed by atoms with Gasteiger partial charge in [-0.15, -0.1) is 0 Å². The van der Waals surface area contributed by atoms with Crippen molar-refractivity contribution < 1.29 is 13.6 Å². The molecule has 0 aliphatic heterocycles. The van der Waals surface area contributed by atoms with Crippen LogP contribution in [-0.2, 0) is 0 Å². The zero-order valence-corrected chi connectivity index (χ0v) is 12.7. The van der Waals surface area contributed by atoms with Crippen LogP contribution in [-0.4, -0.2) is 10.9 Å². The molecule has 2 heterocycles. The summed E-state index contributed by atoms with van der Waals surface area (Å²) in [5, 5.41) is 2.79.